The van der Waals surface area contributed by atoms with Gasteiger partial charge in [0.15, 0.2) is 5.96 Å². The molecule has 25 heavy (non-hydrogen) atoms. The van der Waals surface area contributed by atoms with Gasteiger partial charge in [-0.1, -0.05) is 12.1 Å². The highest BCUT2D eigenvalue weighted by atomic mass is 16.5. The summed E-state index contributed by atoms with van der Waals surface area (Å²) >= 11 is 0. The zero-order chi connectivity index (χ0) is 17.9. The van der Waals surface area contributed by atoms with Crippen LogP contribution in [0.4, 0.5) is 0 Å². The van der Waals surface area contributed by atoms with Crippen LogP contribution in [-0.4, -0.2) is 64.5 Å². The summed E-state index contributed by atoms with van der Waals surface area (Å²) in [5.74, 6) is 1.76. The number of nitrogens with zero attached hydrogens (tertiary/aromatic N) is 2. The molecule has 1 aliphatic rings. The third-order valence-electron chi connectivity index (χ3n) is 4.28. The van der Waals surface area contributed by atoms with Crippen LogP contribution in [0.1, 0.15) is 24.8 Å². The van der Waals surface area contributed by atoms with Crippen LogP contribution in [0.3, 0.4) is 0 Å². The third kappa shape index (κ3) is 6.92. The summed E-state index contributed by atoms with van der Waals surface area (Å²) in [4.78, 5) is 6.47. The van der Waals surface area contributed by atoms with Crippen LogP contribution in [0, 0.1) is 0 Å². The van der Waals surface area contributed by atoms with Gasteiger partial charge in [-0.15, -0.1) is 0 Å². The van der Waals surface area contributed by atoms with Crippen LogP contribution in [-0.2, 0) is 16.0 Å². The zero-order valence-corrected chi connectivity index (χ0v) is 15.7. The number of nitrogens with one attached hydrogen (secondary N) is 1. The SMILES string of the molecule is CN=C(NCCCOC1CCOCC1)N(C)Cc1ccc(OC)cc1. The molecule has 1 aromatic carbocycles. The van der Waals surface area contributed by atoms with Gasteiger partial charge in [0, 0.05) is 47.0 Å². The number of ether oxygens (including phenoxy) is 3. The molecule has 0 amide bonds. The van der Waals surface area contributed by atoms with Crippen molar-refractivity contribution in [1.82, 2.24) is 10.2 Å². The molecule has 1 heterocycles. The second kappa shape index (κ2) is 10.9. The van der Waals surface area contributed by atoms with Crippen molar-refractivity contribution >= 4 is 5.96 Å². The smallest absolute Gasteiger partial charge is 0.193 e. The van der Waals surface area contributed by atoms with Crippen molar-refractivity contribution in [3.63, 3.8) is 0 Å². The molecule has 140 valence electrons. The first-order chi connectivity index (χ1) is 12.2. The van der Waals surface area contributed by atoms with Gasteiger partial charge in [-0.05, 0) is 37.0 Å². The van der Waals surface area contributed by atoms with Gasteiger partial charge >= 0.3 is 0 Å². The molecular formula is C19H31N3O3. The fourth-order valence-electron chi connectivity index (χ4n) is 2.83. The van der Waals surface area contributed by atoms with E-state index < -0.39 is 0 Å². The van der Waals surface area contributed by atoms with Gasteiger partial charge < -0.3 is 24.4 Å². The predicted octanol–water partition coefficient (Wildman–Crippen LogP) is 2.29. The lowest BCUT2D eigenvalue weighted by atomic mass is 10.1. The summed E-state index contributed by atoms with van der Waals surface area (Å²) in [5, 5.41) is 3.40. The van der Waals surface area contributed by atoms with E-state index in [9.17, 15) is 0 Å². The third-order valence-corrected chi connectivity index (χ3v) is 4.28. The Morgan fingerprint density at radius 2 is 2.00 bits per heavy atom. The average molecular weight is 349 g/mol. The lowest BCUT2D eigenvalue weighted by molar-refractivity contribution is -0.0320. The summed E-state index contributed by atoms with van der Waals surface area (Å²) in [6, 6.07) is 8.11. The minimum atomic E-state index is 0.366. The van der Waals surface area contributed by atoms with Crippen molar-refractivity contribution in [3.8, 4) is 5.75 Å². The van der Waals surface area contributed by atoms with Gasteiger partial charge in [0.05, 0.1) is 13.2 Å². The highest BCUT2D eigenvalue weighted by molar-refractivity contribution is 5.79. The molecule has 0 spiro atoms. The van der Waals surface area contributed by atoms with Crippen molar-refractivity contribution in [2.75, 3.05) is 47.6 Å². The first kappa shape index (κ1) is 19.5. The molecule has 6 nitrogen and oxygen atoms in total. The van der Waals surface area contributed by atoms with Crippen LogP contribution in [0.5, 0.6) is 5.75 Å². The van der Waals surface area contributed by atoms with Crippen molar-refractivity contribution in [1.29, 1.82) is 0 Å². The molecule has 2 rings (SSSR count). The van der Waals surface area contributed by atoms with Crippen molar-refractivity contribution in [3.05, 3.63) is 29.8 Å². The summed E-state index contributed by atoms with van der Waals surface area (Å²) in [6.07, 6.45) is 3.36. The van der Waals surface area contributed by atoms with Gasteiger partial charge in [-0.2, -0.15) is 0 Å². The Balaban J connectivity index is 1.66. The highest BCUT2D eigenvalue weighted by Gasteiger charge is 2.13. The largest absolute Gasteiger partial charge is 0.497 e. The molecule has 0 bridgehead atoms. The van der Waals surface area contributed by atoms with Crippen LogP contribution in [0.2, 0.25) is 0 Å². The Bertz CT molecular complexity index is 513. The Morgan fingerprint density at radius 3 is 2.64 bits per heavy atom. The lowest BCUT2D eigenvalue weighted by Crippen LogP contribution is -2.39. The number of aliphatic imine (C=N–C) groups is 1. The van der Waals surface area contributed by atoms with E-state index in [1.807, 2.05) is 26.2 Å². The second-order valence-electron chi connectivity index (χ2n) is 6.21. The Hall–Kier alpha value is -1.79. The monoisotopic (exact) mass is 349 g/mol. The summed E-state index contributed by atoms with van der Waals surface area (Å²) in [6.45, 7) is 4.07. The van der Waals surface area contributed by atoms with Crippen LogP contribution >= 0.6 is 0 Å². The molecule has 0 aliphatic carbocycles. The van der Waals surface area contributed by atoms with Gasteiger partial charge in [-0.25, -0.2) is 0 Å². The van der Waals surface area contributed by atoms with E-state index in [1.165, 1.54) is 5.56 Å². The minimum absolute atomic E-state index is 0.366. The lowest BCUT2D eigenvalue weighted by Gasteiger charge is -2.24. The first-order valence-electron chi connectivity index (χ1n) is 8.97. The van der Waals surface area contributed by atoms with E-state index in [0.717, 1.165) is 63.9 Å². The Labute approximate surface area is 151 Å². The van der Waals surface area contributed by atoms with E-state index in [0.29, 0.717) is 6.10 Å². The van der Waals surface area contributed by atoms with Gasteiger partial charge in [0.25, 0.3) is 0 Å². The molecule has 1 aromatic rings. The summed E-state index contributed by atoms with van der Waals surface area (Å²) in [7, 11) is 5.53. The molecular weight excluding hydrogens is 318 g/mol. The number of methoxy groups -OCH3 is 1. The summed E-state index contributed by atoms with van der Waals surface area (Å²) < 4.78 is 16.4. The number of rotatable bonds is 8. The van der Waals surface area contributed by atoms with E-state index >= 15 is 0 Å². The molecule has 0 aromatic heterocycles. The van der Waals surface area contributed by atoms with E-state index in [1.54, 1.807) is 7.11 Å². The molecule has 0 saturated carbocycles. The van der Waals surface area contributed by atoms with Gasteiger partial charge in [0.2, 0.25) is 0 Å². The average Bonchev–Trinajstić information content (AvgIpc) is 2.66. The Kier molecular flexibility index (Phi) is 8.55. The molecule has 1 saturated heterocycles. The predicted molar refractivity (Wildman–Crippen MR) is 100 cm³/mol. The van der Waals surface area contributed by atoms with E-state index in [-0.39, 0.29) is 0 Å². The van der Waals surface area contributed by atoms with E-state index in [2.05, 4.69) is 27.3 Å². The molecule has 0 radical (unpaired) electrons. The quantitative estimate of drug-likeness (QED) is 0.443. The molecule has 1 aliphatic heterocycles. The van der Waals surface area contributed by atoms with Gasteiger partial charge in [0.1, 0.15) is 5.75 Å². The summed E-state index contributed by atoms with van der Waals surface area (Å²) in [5.41, 5.74) is 1.22. The molecule has 6 heteroatoms. The molecule has 0 unspecified atom stereocenters. The number of guanidine groups is 1. The number of benzene rings is 1. The van der Waals surface area contributed by atoms with Gasteiger partial charge in [-0.3, -0.25) is 4.99 Å². The standard InChI is InChI=1S/C19H31N3O3/c1-20-19(21-11-4-12-25-18-9-13-24-14-10-18)22(2)15-16-5-7-17(23-3)8-6-16/h5-8,18H,4,9-15H2,1-3H3,(H,20,21). The van der Waals surface area contributed by atoms with Crippen molar-refractivity contribution < 1.29 is 14.2 Å². The fourth-order valence-corrected chi connectivity index (χ4v) is 2.83. The number of hydrogen-bond donors (Lipinski definition) is 1. The van der Waals surface area contributed by atoms with Crippen molar-refractivity contribution in [2.24, 2.45) is 4.99 Å². The topological polar surface area (TPSA) is 55.3 Å². The van der Waals surface area contributed by atoms with Crippen LogP contribution < -0.4 is 10.1 Å². The number of hydrogen-bond acceptors (Lipinski definition) is 4. The van der Waals surface area contributed by atoms with Crippen LogP contribution in [0.25, 0.3) is 0 Å². The van der Waals surface area contributed by atoms with Crippen LogP contribution in [0.15, 0.2) is 29.3 Å². The minimum Gasteiger partial charge on any atom is -0.497 e. The second-order valence-corrected chi connectivity index (χ2v) is 6.21. The maximum absolute atomic E-state index is 5.89. The first-order valence-corrected chi connectivity index (χ1v) is 8.97. The normalized spacial score (nSPS) is 15.9. The highest BCUT2D eigenvalue weighted by Crippen LogP contribution is 2.13. The molecule has 0 atom stereocenters. The maximum atomic E-state index is 5.89. The molecule has 1 fully saturated rings. The van der Waals surface area contributed by atoms with E-state index in [4.69, 9.17) is 14.2 Å². The molecule has 1 N–H and O–H groups in total. The van der Waals surface area contributed by atoms with Crippen molar-refractivity contribution in [2.45, 2.75) is 31.9 Å². The fraction of sp³-hybridized carbons (Fsp3) is 0.632. The Morgan fingerprint density at radius 1 is 1.28 bits per heavy atom. The zero-order valence-electron chi connectivity index (χ0n) is 15.7. The maximum Gasteiger partial charge on any atom is 0.193 e.